The van der Waals surface area contributed by atoms with Crippen LogP contribution < -0.4 is 11.1 Å². The zero-order chi connectivity index (χ0) is 44.9. The van der Waals surface area contributed by atoms with E-state index in [1.165, 1.54) is 96.3 Å². The third-order valence-corrected chi connectivity index (χ3v) is 11.2. The van der Waals surface area contributed by atoms with Crippen molar-refractivity contribution in [2.24, 2.45) is 5.73 Å². The van der Waals surface area contributed by atoms with E-state index < -0.39 is 6.04 Å². The Labute approximate surface area is 376 Å². The summed E-state index contributed by atoms with van der Waals surface area (Å²) in [6.07, 6.45) is 28.0. The van der Waals surface area contributed by atoms with Crippen LogP contribution in [0.2, 0.25) is 0 Å². The van der Waals surface area contributed by atoms with Gasteiger partial charge in [0.15, 0.2) is 18.9 Å². The maximum atomic E-state index is 12.3. The van der Waals surface area contributed by atoms with Crippen molar-refractivity contribution in [2.75, 3.05) is 92.1 Å². The molecule has 0 fully saturated rings. The summed E-state index contributed by atoms with van der Waals surface area (Å²) in [6.45, 7) is 22.7. The lowest BCUT2D eigenvalue weighted by Crippen LogP contribution is -2.46. The molecule has 0 heterocycles. The van der Waals surface area contributed by atoms with Crippen LogP contribution in [0.3, 0.4) is 0 Å². The number of nitrogens with zero attached hydrogens (tertiary/aromatic N) is 2. The first-order valence-corrected chi connectivity index (χ1v) is 25.6. The SMILES string of the molecule is CCCCCCCCOC(C)OCCCCN(CCCCOC(C)OCCCCCCCC)CCN(CCCCOC(C)OCCCCCCCC)CCNC(=O)[C@H](N)CO. The lowest BCUT2D eigenvalue weighted by molar-refractivity contribution is -0.132. The number of rotatable bonds is 50. The van der Waals surface area contributed by atoms with Gasteiger partial charge in [0.2, 0.25) is 5.91 Å². The molecular formula is C49H102N4O8. The molecule has 0 saturated heterocycles. The average Bonchev–Trinajstić information content (AvgIpc) is 3.25. The molecule has 1 amide bonds. The van der Waals surface area contributed by atoms with Gasteiger partial charge in [0.1, 0.15) is 6.04 Å². The Morgan fingerprint density at radius 3 is 1.03 bits per heavy atom. The number of hydrogen-bond donors (Lipinski definition) is 3. The summed E-state index contributed by atoms with van der Waals surface area (Å²) in [6, 6.07) is -0.899. The molecule has 0 aromatic heterocycles. The van der Waals surface area contributed by atoms with E-state index in [9.17, 15) is 9.90 Å². The highest BCUT2D eigenvalue weighted by molar-refractivity contribution is 5.81. The summed E-state index contributed by atoms with van der Waals surface area (Å²) < 4.78 is 35.7. The van der Waals surface area contributed by atoms with Crippen LogP contribution in [0.5, 0.6) is 0 Å². The number of carbonyl (C=O) groups is 1. The van der Waals surface area contributed by atoms with Crippen molar-refractivity contribution in [3.63, 3.8) is 0 Å². The Bertz CT molecular complexity index is 860. The second-order valence-electron chi connectivity index (χ2n) is 17.1. The van der Waals surface area contributed by atoms with E-state index >= 15 is 0 Å². The fraction of sp³-hybridized carbons (Fsp3) is 0.980. The van der Waals surface area contributed by atoms with Crippen molar-refractivity contribution in [2.45, 2.75) is 221 Å². The fourth-order valence-electron chi connectivity index (χ4n) is 7.10. The van der Waals surface area contributed by atoms with Crippen molar-refractivity contribution < 1.29 is 38.3 Å². The van der Waals surface area contributed by atoms with Gasteiger partial charge in [0, 0.05) is 65.8 Å². The lowest BCUT2D eigenvalue weighted by Gasteiger charge is -2.28. The Morgan fingerprint density at radius 2 is 0.721 bits per heavy atom. The van der Waals surface area contributed by atoms with Crippen LogP contribution in [0.25, 0.3) is 0 Å². The Morgan fingerprint density at radius 1 is 0.443 bits per heavy atom. The molecule has 12 heteroatoms. The van der Waals surface area contributed by atoms with Gasteiger partial charge in [-0.05, 0) is 98.2 Å². The molecule has 0 aromatic rings. The first kappa shape index (κ1) is 60.1. The Kier molecular flexibility index (Phi) is 46.3. The van der Waals surface area contributed by atoms with E-state index in [0.29, 0.717) is 32.9 Å². The van der Waals surface area contributed by atoms with Gasteiger partial charge < -0.3 is 54.4 Å². The highest BCUT2D eigenvalue weighted by atomic mass is 16.7. The summed E-state index contributed by atoms with van der Waals surface area (Å²) >= 11 is 0. The molecule has 0 aromatic carbocycles. The summed E-state index contributed by atoms with van der Waals surface area (Å²) in [4.78, 5) is 17.3. The second-order valence-corrected chi connectivity index (χ2v) is 17.1. The third-order valence-electron chi connectivity index (χ3n) is 11.2. The molecule has 61 heavy (non-hydrogen) atoms. The topological polar surface area (TPSA) is 137 Å². The molecule has 0 radical (unpaired) electrons. The van der Waals surface area contributed by atoms with Crippen molar-refractivity contribution in [3.8, 4) is 0 Å². The molecule has 0 aliphatic rings. The van der Waals surface area contributed by atoms with Gasteiger partial charge in [0.05, 0.1) is 6.61 Å². The van der Waals surface area contributed by atoms with E-state index in [2.05, 4.69) is 35.9 Å². The highest BCUT2D eigenvalue weighted by Gasteiger charge is 2.14. The zero-order valence-corrected chi connectivity index (χ0v) is 41.0. The predicted octanol–water partition coefficient (Wildman–Crippen LogP) is 9.59. The number of ether oxygens (including phenoxy) is 6. The van der Waals surface area contributed by atoms with E-state index in [4.69, 9.17) is 34.2 Å². The quantitative estimate of drug-likeness (QED) is 0.0398. The van der Waals surface area contributed by atoms with Crippen LogP contribution in [-0.4, -0.2) is 138 Å². The summed E-state index contributed by atoms with van der Waals surface area (Å²) in [5.41, 5.74) is 5.75. The van der Waals surface area contributed by atoms with Crippen LogP contribution in [0.1, 0.15) is 196 Å². The molecule has 366 valence electrons. The molecule has 4 N–H and O–H groups in total. The van der Waals surface area contributed by atoms with Gasteiger partial charge in [-0.25, -0.2) is 0 Å². The fourth-order valence-corrected chi connectivity index (χ4v) is 7.10. The van der Waals surface area contributed by atoms with Crippen LogP contribution in [-0.2, 0) is 33.2 Å². The molecule has 0 aliphatic heterocycles. The predicted molar refractivity (Wildman–Crippen MR) is 253 cm³/mol. The molecule has 4 atom stereocenters. The lowest BCUT2D eigenvalue weighted by atomic mass is 10.1. The standard InChI is InChI=1S/C49H102N4O8/c1-7-10-13-16-19-25-38-56-45(4)59-41-28-22-32-52(33-23-29-42-60-46(5)57-39-26-20-17-14-11-8-2)36-37-53(35-31-51-49(55)48(50)44-54)34-24-30-43-61-47(6)58-40-27-21-18-15-12-9-3/h45-48,54H,7-44,50H2,1-6H3,(H,51,55)/t45?,46?,47?,48-/m1/s1. The maximum Gasteiger partial charge on any atom is 0.239 e. The van der Waals surface area contributed by atoms with Crippen LogP contribution >= 0.6 is 0 Å². The average molecular weight is 875 g/mol. The van der Waals surface area contributed by atoms with E-state index in [-0.39, 0.29) is 31.4 Å². The van der Waals surface area contributed by atoms with E-state index in [1.807, 2.05) is 20.8 Å². The maximum absolute atomic E-state index is 12.3. The molecule has 0 rings (SSSR count). The Balaban J connectivity index is 4.97. The van der Waals surface area contributed by atoms with Crippen molar-refractivity contribution in [3.05, 3.63) is 0 Å². The highest BCUT2D eigenvalue weighted by Crippen LogP contribution is 2.10. The summed E-state index contributed by atoms with van der Waals surface area (Å²) in [5, 5.41) is 12.2. The second kappa shape index (κ2) is 47.0. The van der Waals surface area contributed by atoms with Crippen molar-refractivity contribution in [1.29, 1.82) is 0 Å². The van der Waals surface area contributed by atoms with E-state index in [1.54, 1.807) is 0 Å². The minimum absolute atomic E-state index is 0.170. The molecule has 0 spiro atoms. The zero-order valence-electron chi connectivity index (χ0n) is 41.0. The first-order chi connectivity index (χ1) is 29.8. The van der Waals surface area contributed by atoms with Crippen molar-refractivity contribution >= 4 is 5.91 Å². The number of nitrogens with one attached hydrogen (secondary N) is 1. The van der Waals surface area contributed by atoms with Crippen LogP contribution in [0.15, 0.2) is 0 Å². The molecule has 0 saturated carbocycles. The minimum atomic E-state index is -0.899. The van der Waals surface area contributed by atoms with Crippen LogP contribution in [0, 0.1) is 0 Å². The molecule has 3 unspecified atom stereocenters. The number of nitrogens with two attached hydrogens (primary N) is 1. The summed E-state index contributed by atoms with van der Waals surface area (Å²) in [5.74, 6) is -0.318. The van der Waals surface area contributed by atoms with Gasteiger partial charge >= 0.3 is 0 Å². The molecule has 0 bridgehead atoms. The number of amides is 1. The van der Waals surface area contributed by atoms with Gasteiger partial charge in [0.25, 0.3) is 0 Å². The van der Waals surface area contributed by atoms with Gasteiger partial charge in [-0.1, -0.05) is 117 Å². The molecular weight excluding hydrogens is 773 g/mol. The smallest absolute Gasteiger partial charge is 0.239 e. The number of aliphatic hydroxyl groups excluding tert-OH is 1. The number of aliphatic hydroxyl groups is 1. The molecule has 12 nitrogen and oxygen atoms in total. The number of hydrogen-bond acceptors (Lipinski definition) is 11. The van der Waals surface area contributed by atoms with E-state index in [0.717, 1.165) is 110 Å². The Hall–Kier alpha value is -0.930. The number of unbranched alkanes of at least 4 members (excludes halogenated alkanes) is 18. The number of carbonyl (C=O) groups excluding carboxylic acids is 1. The molecule has 0 aliphatic carbocycles. The largest absolute Gasteiger partial charge is 0.394 e. The minimum Gasteiger partial charge on any atom is -0.394 e. The van der Waals surface area contributed by atoms with Gasteiger partial charge in [-0.3, -0.25) is 4.79 Å². The normalized spacial score (nSPS) is 13.9. The van der Waals surface area contributed by atoms with Gasteiger partial charge in [-0.15, -0.1) is 0 Å². The van der Waals surface area contributed by atoms with Crippen LogP contribution in [0.4, 0.5) is 0 Å². The van der Waals surface area contributed by atoms with Gasteiger partial charge in [-0.2, -0.15) is 0 Å². The van der Waals surface area contributed by atoms with Crippen molar-refractivity contribution in [1.82, 2.24) is 15.1 Å². The monoisotopic (exact) mass is 875 g/mol. The summed E-state index contributed by atoms with van der Waals surface area (Å²) in [7, 11) is 0. The third kappa shape index (κ3) is 42.8. The first-order valence-electron chi connectivity index (χ1n) is 25.6.